The fraction of sp³-hybridized carbons (Fsp3) is 0.533. The third kappa shape index (κ3) is 6.10. The molecule has 0 spiro atoms. The van der Waals surface area contributed by atoms with Crippen LogP contribution in [0, 0.1) is 0 Å². The molecule has 130 valence electrons. The molecule has 0 atom stereocenters. The van der Waals surface area contributed by atoms with E-state index in [4.69, 9.17) is 5.73 Å². The third-order valence-electron chi connectivity index (χ3n) is 3.78. The van der Waals surface area contributed by atoms with Crippen molar-refractivity contribution in [3.05, 3.63) is 35.9 Å². The van der Waals surface area contributed by atoms with Gasteiger partial charge in [0.1, 0.15) is 0 Å². The minimum Gasteiger partial charge on any atom is -0.353 e. The largest absolute Gasteiger partial charge is 0.353 e. The average molecular weight is 362 g/mol. The van der Waals surface area contributed by atoms with Gasteiger partial charge in [0.25, 0.3) is 0 Å². The zero-order chi connectivity index (χ0) is 16.0. The van der Waals surface area contributed by atoms with E-state index in [9.17, 15) is 13.2 Å². The lowest BCUT2D eigenvalue weighted by Crippen LogP contribution is -2.47. The molecule has 0 aromatic heterocycles. The molecule has 1 aliphatic rings. The molecule has 1 fully saturated rings. The van der Waals surface area contributed by atoms with Crippen LogP contribution in [0.2, 0.25) is 0 Å². The van der Waals surface area contributed by atoms with Crippen molar-refractivity contribution in [2.24, 2.45) is 5.73 Å². The molecule has 1 heterocycles. The SMILES string of the molecule is Cl.NCCC(=O)NC1CCN(S(=O)(=O)Cc2ccccc2)CC1. The number of nitrogens with two attached hydrogens (primary N) is 1. The number of hydrogen-bond acceptors (Lipinski definition) is 4. The summed E-state index contributed by atoms with van der Waals surface area (Å²) >= 11 is 0. The normalized spacial score (nSPS) is 16.6. The van der Waals surface area contributed by atoms with Crippen LogP contribution >= 0.6 is 12.4 Å². The van der Waals surface area contributed by atoms with E-state index in [1.165, 1.54) is 4.31 Å². The van der Waals surface area contributed by atoms with Crippen molar-refractivity contribution < 1.29 is 13.2 Å². The first-order chi connectivity index (χ1) is 10.5. The van der Waals surface area contributed by atoms with Crippen molar-refractivity contribution in [3.8, 4) is 0 Å². The molecule has 3 N–H and O–H groups in total. The number of piperidine rings is 1. The van der Waals surface area contributed by atoms with Crippen molar-refractivity contribution in [3.63, 3.8) is 0 Å². The van der Waals surface area contributed by atoms with Crippen molar-refractivity contribution in [2.45, 2.75) is 31.1 Å². The molecular formula is C15H24ClN3O3S. The highest BCUT2D eigenvalue weighted by atomic mass is 35.5. The topological polar surface area (TPSA) is 92.5 Å². The van der Waals surface area contributed by atoms with Gasteiger partial charge in [0, 0.05) is 32.1 Å². The second kappa shape index (κ2) is 9.22. The van der Waals surface area contributed by atoms with Crippen LogP contribution in [0.1, 0.15) is 24.8 Å². The van der Waals surface area contributed by atoms with Gasteiger partial charge < -0.3 is 11.1 Å². The number of halogens is 1. The van der Waals surface area contributed by atoms with Crippen LogP contribution in [0.15, 0.2) is 30.3 Å². The lowest BCUT2D eigenvalue weighted by atomic mass is 10.1. The van der Waals surface area contributed by atoms with Crippen molar-refractivity contribution in [1.82, 2.24) is 9.62 Å². The van der Waals surface area contributed by atoms with Gasteiger partial charge in [-0.05, 0) is 18.4 Å². The maximum absolute atomic E-state index is 12.4. The Morgan fingerprint density at radius 3 is 2.39 bits per heavy atom. The Labute approximate surface area is 143 Å². The fourth-order valence-corrected chi connectivity index (χ4v) is 4.15. The summed E-state index contributed by atoms with van der Waals surface area (Å²) < 4.78 is 26.3. The first-order valence-electron chi connectivity index (χ1n) is 7.52. The maximum atomic E-state index is 12.4. The molecule has 2 rings (SSSR count). The number of nitrogens with zero attached hydrogens (tertiary/aromatic N) is 1. The quantitative estimate of drug-likeness (QED) is 0.786. The average Bonchev–Trinajstić information content (AvgIpc) is 2.48. The second-order valence-corrected chi connectivity index (χ2v) is 7.49. The van der Waals surface area contributed by atoms with Crippen LogP contribution in [0.3, 0.4) is 0 Å². The Kier molecular flexibility index (Phi) is 7.98. The Balaban J connectivity index is 0.00000264. The van der Waals surface area contributed by atoms with Gasteiger partial charge >= 0.3 is 0 Å². The minimum absolute atomic E-state index is 0. The number of rotatable bonds is 6. The van der Waals surface area contributed by atoms with Gasteiger partial charge in [-0.15, -0.1) is 12.4 Å². The van der Waals surface area contributed by atoms with Crippen LogP contribution in [0.25, 0.3) is 0 Å². The Hall–Kier alpha value is -1.15. The molecule has 1 amide bonds. The first kappa shape index (κ1) is 19.9. The number of hydrogen-bond donors (Lipinski definition) is 2. The molecule has 1 saturated heterocycles. The number of nitrogens with one attached hydrogen (secondary N) is 1. The highest BCUT2D eigenvalue weighted by Gasteiger charge is 2.28. The maximum Gasteiger partial charge on any atom is 0.221 e. The van der Waals surface area contributed by atoms with Crippen molar-refractivity contribution >= 4 is 28.3 Å². The van der Waals surface area contributed by atoms with E-state index < -0.39 is 10.0 Å². The molecule has 1 aromatic rings. The number of amides is 1. The van der Waals surface area contributed by atoms with Gasteiger partial charge in [-0.25, -0.2) is 12.7 Å². The van der Waals surface area contributed by atoms with Crippen LogP contribution in [-0.4, -0.2) is 44.3 Å². The summed E-state index contributed by atoms with van der Waals surface area (Å²) in [7, 11) is -3.30. The van der Waals surface area contributed by atoms with E-state index in [2.05, 4.69) is 5.32 Å². The van der Waals surface area contributed by atoms with Crippen LogP contribution < -0.4 is 11.1 Å². The highest BCUT2D eigenvalue weighted by molar-refractivity contribution is 7.88. The molecule has 1 aromatic carbocycles. The first-order valence-corrected chi connectivity index (χ1v) is 9.13. The monoisotopic (exact) mass is 361 g/mol. The molecule has 0 aliphatic carbocycles. The molecule has 0 radical (unpaired) electrons. The van der Waals surface area contributed by atoms with Gasteiger partial charge in [0.15, 0.2) is 0 Å². The summed E-state index contributed by atoms with van der Waals surface area (Å²) in [5.41, 5.74) is 6.13. The number of sulfonamides is 1. The van der Waals surface area contributed by atoms with Gasteiger partial charge in [-0.1, -0.05) is 30.3 Å². The Morgan fingerprint density at radius 1 is 1.22 bits per heavy atom. The summed E-state index contributed by atoms with van der Waals surface area (Å²) in [6, 6.07) is 9.22. The van der Waals surface area contributed by atoms with Crippen LogP contribution in [-0.2, 0) is 20.6 Å². The Bertz CT molecular complexity index is 587. The van der Waals surface area contributed by atoms with Gasteiger partial charge in [0.05, 0.1) is 5.75 Å². The van der Waals surface area contributed by atoms with Crippen LogP contribution in [0.4, 0.5) is 0 Å². The van der Waals surface area contributed by atoms with E-state index in [0.29, 0.717) is 38.9 Å². The smallest absolute Gasteiger partial charge is 0.221 e. The summed E-state index contributed by atoms with van der Waals surface area (Å²) in [4.78, 5) is 11.5. The molecule has 0 unspecified atom stereocenters. The second-order valence-electron chi connectivity index (χ2n) is 5.52. The summed E-state index contributed by atoms with van der Waals surface area (Å²) in [5.74, 6) is -0.0361. The number of carbonyl (C=O) groups is 1. The van der Waals surface area contributed by atoms with Crippen molar-refractivity contribution in [1.29, 1.82) is 0 Å². The number of carbonyl (C=O) groups excluding carboxylic acids is 1. The lowest BCUT2D eigenvalue weighted by molar-refractivity contribution is -0.121. The molecule has 0 saturated carbocycles. The van der Waals surface area contributed by atoms with E-state index in [1.54, 1.807) is 0 Å². The standard InChI is InChI=1S/C15H23N3O3S.ClH/c16-9-6-15(19)17-14-7-10-18(11-8-14)22(20,21)12-13-4-2-1-3-5-13;/h1-5,14H,6-12,16H2,(H,17,19);1H. The summed E-state index contributed by atoms with van der Waals surface area (Å²) in [5, 5.41) is 2.90. The van der Waals surface area contributed by atoms with Gasteiger partial charge in [-0.2, -0.15) is 0 Å². The van der Waals surface area contributed by atoms with Crippen LogP contribution in [0.5, 0.6) is 0 Å². The van der Waals surface area contributed by atoms with E-state index in [1.807, 2.05) is 30.3 Å². The van der Waals surface area contributed by atoms with E-state index in [-0.39, 0.29) is 30.1 Å². The lowest BCUT2D eigenvalue weighted by Gasteiger charge is -2.31. The summed E-state index contributed by atoms with van der Waals surface area (Å²) in [6.07, 6.45) is 1.60. The molecule has 1 aliphatic heterocycles. The fourth-order valence-electron chi connectivity index (χ4n) is 2.59. The highest BCUT2D eigenvalue weighted by Crippen LogP contribution is 2.17. The third-order valence-corrected chi connectivity index (χ3v) is 5.63. The molecular weight excluding hydrogens is 338 g/mol. The van der Waals surface area contributed by atoms with Crippen molar-refractivity contribution in [2.75, 3.05) is 19.6 Å². The van der Waals surface area contributed by atoms with Gasteiger partial charge in [0.2, 0.25) is 15.9 Å². The zero-order valence-corrected chi connectivity index (χ0v) is 14.6. The zero-order valence-electron chi connectivity index (χ0n) is 13.0. The molecule has 6 nitrogen and oxygen atoms in total. The molecule has 23 heavy (non-hydrogen) atoms. The van der Waals surface area contributed by atoms with E-state index in [0.717, 1.165) is 5.56 Å². The minimum atomic E-state index is -3.30. The number of benzene rings is 1. The Morgan fingerprint density at radius 2 is 1.83 bits per heavy atom. The molecule has 8 heteroatoms. The van der Waals surface area contributed by atoms with E-state index >= 15 is 0 Å². The van der Waals surface area contributed by atoms with Gasteiger partial charge in [-0.3, -0.25) is 4.79 Å². The predicted molar refractivity (Wildman–Crippen MR) is 92.7 cm³/mol. The predicted octanol–water partition coefficient (Wildman–Crippen LogP) is 0.868. The summed E-state index contributed by atoms with van der Waals surface area (Å²) in [6.45, 7) is 1.22. The molecule has 0 bridgehead atoms.